The Morgan fingerprint density at radius 3 is 2.06 bits per heavy atom. The van der Waals surface area contributed by atoms with Crippen LogP contribution in [0, 0.1) is 0 Å². The summed E-state index contributed by atoms with van der Waals surface area (Å²) in [6, 6.07) is 3.01. The lowest BCUT2D eigenvalue weighted by atomic mass is 10.0. The van der Waals surface area contributed by atoms with Crippen molar-refractivity contribution in [2.75, 3.05) is 39.9 Å². The molecule has 2 saturated heterocycles. The number of aliphatic hydroxyl groups excluding tert-OH is 2. The highest BCUT2D eigenvalue weighted by Gasteiger charge is 2.41. The molecule has 0 unspecified atom stereocenters. The van der Waals surface area contributed by atoms with Gasteiger partial charge in [0.15, 0.2) is 5.96 Å². The Hall–Kier alpha value is -9.25. The summed E-state index contributed by atoms with van der Waals surface area (Å²) in [6.45, 7) is -0.613. The van der Waals surface area contributed by atoms with Crippen LogP contribution in [-0.4, -0.2) is 192 Å². The maximum absolute atomic E-state index is 15.1. The topological polar surface area (TPSA) is 444 Å². The summed E-state index contributed by atoms with van der Waals surface area (Å²) in [5.74, 6) is -9.07. The number of aliphatic hydroxyl groups is 2. The Labute approximate surface area is 495 Å². The van der Waals surface area contributed by atoms with E-state index in [0.717, 1.165) is 4.90 Å². The lowest BCUT2D eigenvalue weighted by Crippen LogP contribution is -2.61. The van der Waals surface area contributed by atoms with Crippen LogP contribution in [-0.2, 0) is 65.6 Å². The third kappa shape index (κ3) is 19.4. The summed E-state index contributed by atoms with van der Waals surface area (Å²) in [4.78, 5) is 167. The molecule has 2 fully saturated rings. The molecule has 0 saturated carbocycles. The molecule has 6 rings (SSSR count). The molecule has 11 amide bonds. The van der Waals surface area contributed by atoms with Crippen LogP contribution in [0.4, 0.5) is 0 Å². The van der Waals surface area contributed by atoms with Gasteiger partial charge in [-0.15, -0.1) is 0 Å². The lowest BCUT2D eigenvalue weighted by Gasteiger charge is -2.31. The highest BCUT2D eigenvalue weighted by atomic mass is 16.3. The number of H-pyrrole nitrogens is 1. The smallest absolute Gasteiger partial charge is 0.245 e. The minimum absolute atomic E-state index is 0.00715. The number of amides is 11. The molecule has 2 aromatic carbocycles. The van der Waals surface area contributed by atoms with Crippen LogP contribution in [0.15, 0.2) is 82.6 Å². The van der Waals surface area contributed by atoms with Gasteiger partial charge in [0, 0.05) is 94.7 Å². The van der Waals surface area contributed by atoms with E-state index in [1.165, 1.54) is 14.0 Å². The quantitative estimate of drug-likeness (QED) is 0.0310. The summed E-state index contributed by atoms with van der Waals surface area (Å²) < 4.78 is 0. The van der Waals surface area contributed by atoms with E-state index in [1.807, 2.05) is 0 Å². The van der Waals surface area contributed by atoms with Gasteiger partial charge >= 0.3 is 0 Å². The largest absolute Gasteiger partial charge is 0.394 e. The number of allylic oxidation sites excluding steroid dienone is 1. The van der Waals surface area contributed by atoms with Crippen LogP contribution in [0.5, 0.6) is 0 Å². The number of nitrogens with one attached hydrogen (secondary N) is 11. The van der Waals surface area contributed by atoms with E-state index < -0.39 is 139 Å². The Bertz CT molecular complexity index is 3020. The van der Waals surface area contributed by atoms with Gasteiger partial charge in [0.05, 0.1) is 13.2 Å². The number of carbonyl (C=O) groups is 11. The van der Waals surface area contributed by atoms with Gasteiger partial charge in [-0.2, -0.15) is 0 Å². The van der Waals surface area contributed by atoms with Crippen molar-refractivity contribution in [3.63, 3.8) is 0 Å². The Balaban J connectivity index is 1.38. The molecule has 29 nitrogen and oxygen atoms in total. The van der Waals surface area contributed by atoms with Crippen LogP contribution in [0.1, 0.15) is 82.3 Å². The molecule has 3 aromatic rings. The zero-order chi connectivity index (χ0) is 62.3. The van der Waals surface area contributed by atoms with Crippen LogP contribution >= 0.6 is 0 Å². The summed E-state index contributed by atoms with van der Waals surface area (Å²) in [5, 5.41) is 46.6. The Morgan fingerprint density at radius 1 is 0.744 bits per heavy atom. The first-order valence-electron chi connectivity index (χ1n) is 28.5. The van der Waals surface area contributed by atoms with E-state index in [9.17, 15) is 58.2 Å². The maximum Gasteiger partial charge on any atom is 0.245 e. The van der Waals surface area contributed by atoms with Crippen molar-refractivity contribution in [3.05, 3.63) is 83.7 Å². The molecule has 0 bridgehead atoms. The Morgan fingerprint density at radius 2 is 1.38 bits per heavy atom. The highest BCUT2D eigenvalue weighted by Crippen LogP contribution is 2.23. The molecule has 3 aliphatic rings. The fourth-order valence-corrected chi connectivity index (χ4v) is 10.2. The average Bonchev–Trinajstić information content (AvgIpc) is 3.44. The zero-order valence-electron chi connectivity index (χ0n) is 48.0. The van der Waals surface area contributed by atoms with Crippen LogP contribution in [0.2, 0.25) is 0 Å². The lowest BCUT2D eigenvalue weighted by molar-refractivity contribution is -0.143. The number of benzene rings is 2. The van der Waals surface area contributed by atoms with E-state index in [4.69, 9.17) is 11.5 Å². The number of aromatic amines is 1. The molecular weight excluding hydrogens is 1120 g/mol. The normalized spacial score (nSPS) is 22.7. The van der Waals surface area contributed by atoms with E-state index in [-0.39, 0.29) is 89.8 Å². The molecule has 86 heavy (non-hydrogen) atoms. The van der Waals surface area contributed by atoms with Crippen LogP contribution in [0.25, 0.3) is 10.9 Å². The monoisotopic (exact) mass is 1190 g/mol. The average molecular weight is 1200 g/mol. The summed E-state index contributed by atoms with van der Waals surface area (Å²) in [5.41, 5.74) is 13.6. The zero-order valence-corrected chi connectivity index (χ0v) is 48.0. The molecule has 0 radical (unpaired) electrons. The predicted molar refractivity (Wildman–Crippen MR) is 313 cm³/mol. The van der Waals surface area contributed by atoms with Gasteiger partial charge < -0.3 is 84.7 Å². The number of hydrogen-bond donors (Lipinski definition) is 15. The number of guanidine groups is 1. The number of hydrogen-bond acceptors (Lipinski definition) is 15. The molecule has 1 aromatic heterocycles. The van der Waals surface area contributed by atoms with Crippen molar-refractivity contribution in [3.8, 4) is 0 Å². The second-order valence-electron chi connectivity index (χ2n) is 21.0. The van der Waals surface area contributed by atoms with E-state index in [2.05, 4.69) is 68.1 Å². The number of likely N-dealkylation sites (N-methyl/N-ethyl adjacent to an activating group) is 1. The van der Waals surface area contributed by atoms with Gasteiger partial charge in [-0.05, 0) is 62.1 Å². The standard InChI is InChI=1S/C57H78N16O13/c1-32(76)65-38-17-9-23-62-47(77)21-20-40(56(86)73-25-11-19-46(73)55(85)72-45(31-75)54(84)71-44(30-74)48(78)60-2)67-52(82)42(27-34-29-64-37-16-7-6-15-36(34)37)69-50(80)39(18-10-24-63-57(58)59)66-51(81)41(26-33-12-4-3-5-13-33)68-53(83)43(70-49(38)79)28-35-14-8-22-61-35/h3-7,12-16,22,29,38-46,64,74-75H,8-11,17-21,23-28,30-31H2,1-2H3,(H,60,78)(H,62,77)(H,65,76)(H,66,81)(H,67,82)(H,68,83)(H,69,80)(H,70,79)(H,71,84)(H,72,85)(H4,58,59,63)/t38-,39-,40-,41+,42-,43-,44-,45-,46-/m0/s1. The number of nitrogens with two attached hydrogens (primary N) is 2. The summed E-state index contributed by atoms with van der Waals surface area (Å²) in [6.07, 6.45) is 4.69. The van der Waals surface area contributed by atoms with Gasteiger partial charge in [-0.25, -0.2) is 0 Å². The van der Waals surface area contributed by atoms with Crippen molar-refractivity contribution in [2.24, 2.45) is 21.5 Å². The van der Waals surface area contributed by atoms with Gasteiger partial charge in [0.1, 0.15) is 54.4 Å². The number of aromatic nitrogens is 1. The first-order valence-corrected chi connectivity index (χ1v) is 28.5. The first-order chi connectivity index (χ1) is 41.3. The maximum atomic E-state index is 15.1. The second-order valence-corrected chi connectivity index (χ2v) is 21.0. The van der Waals surface area contributed by atoms with Crippen molar-refractivity contribution in [1.29, 1.82) is 0 Å². The molecule has 9 atom stereocenters. The minimum Gasteiger partial charge on any atom is -0.394 e. The van der Waals surface area contributed by atoms with Gasteiger partial charge in [-0.3, -0.25) is 62.7 Å². The molecule has 4 heterocycles. The van der Waals surface area contributed by atoms with Crippen molar-refractivity contribution >= 4 is 88.1 Å². The summed E-state index contributed by atoms with van der Waals surface area (Å²) in [7, 11) is 1.28. The van der Waals surface area contributed by atoms with Gasteiger partial charge in [-0.1, -0.05) is 54.6 Å². The second kappa shape index (κ2) is 32.7. The van der Waals surface area contributed by atoms with Gasteiger partial charge in [0.2, 0.25) is 65.0 Å². The van der Waals surface area contributed by atoms with Crippen LogP contribution < -0.4 is 64.6 Å². The van der Waals surface area contributed by atoms with Crippen molar-refractivity contribution in [1.82, 2.24) is 63.1 Å². The van der Waals surface area contributed by atoms with Crippen molar-refractivity contribution < 1.29 is 63.0 Å². The third-order valence-electron chi connectivity index (χ3n) is 14.7. The predicted octanol–water partition coefficient (Wildman–Crippen LogP) is -3.93. The minimum atomic E-state index is -1.64. The molecule has 3 aliphatic heterocycles. The van der Waals surface area contributed by atoms with Gasteiger partial charge in [0.25, 0.3) is 0 Å². The number of carbonyl (C=O) groups excluding carboxylic acids is 11. The fourth-order valence-electron chi connectivity index (χ4n) is 10.2. The number of rotatable bonds is 19. The summed E-state index contributed by atoms with van der Waals surface area (Å²) >= 11 is 0. The molecular formula is C57H78N16O13. The first kappa shape index (κ1) is 65.9. The van der Waals surface area contributed by atoms with Crippen molar-refractivity contribution in [2.45, 2.75) is 138 Å². The molecule has 0 spiro atoms. The van der Waals surface area contributed by atoms with E-state index >= 15 is 4.79 Å². The SMILES string of the molecule is CNC(=O)[C@H](CO)NC(=O)[C@H](CO)NC(=O)[C@@H]1CCCN1C(=O)[C@@H]1CCC(=O)NCCC[C@H](NC(C)=O)C(=O)N[C@@H](CC2=CCC=N2)C(=O)N[C@H](Cc2ccccc2)C(=O)N[C@@H](CCCN=C(N)N)C(=O)N[C@@H](Cc2c[nH]c3ccccc23)C(=O)N1. The number of aliphatic imine (C=N–C) groups is 2. The Kier molecular flexibility index (Phi) is 25.1. The molecule has 17 N–H and O–H groups in total. The number of fused-ring (bicyclic) bond motifs is 1. The molecule has 464 valence electrons. The number of likely N-dealkylation sites (tertiary alicyclic amines) is 1. The highest BCUT2D eigenvalue weighted by molar-refractivity contribution is 5.99. The number of nitrogens with zero attached hydrogens (tertiary/aromatic N) is 3. The molecule has 29 heteroatoms. The van der Waals surface area contributed by atoms with E-state index in [1.54, 1.807) is 73.1 Å². The fraction of sp³-hybridized carbons (Fsp3) is 0.491. The number of para-hydroxylation sites is 1. The molecule has 0 aliphatic carbocycles. The van der Waals surface area contributed by atoms with Crippen LogP contribution in [0.3, 0.4) is 0 Å². The van der Waals surface area contributed by atoms with E-state index in [0.29, 0.717) is 34.1 Å². The third-order valence-corrected chi connectivity index (χ3v) is 14.7.